The van der Waals surface area contributed by atoms with Crippen LogP contribution >= 0.6 is 0 Å². The molecule has 104 valence electrons. The molecule has 0 aromatic heterocycles. The van der Waals surface area contributed by atoms with Crippen LogP contribution in [0, 0.1) is 0 Å². The van der Waals surface area contributed by atoms with Gasteiger partial charge in [0.15, 0.2) is 11.6 Å². The molecule has 0 unspecified atom stereocenters. The van der Waals surface area contributed by atoms with E-state index in [1.807, 2.05) is 36.4 Å². The van der Waals surface area contributed by atoms with E-state index in [-0.39, 0.29) is 11.6 Å². The van der Waals surface area contributed by atoms with Crippen LogP contribution in [-0.4, -0.2) is 11.6 Å². The minimum absolute atomic E-state index is 0.131. The van der Waals surface area contributed by atoms with Crippen LogP contribution in [0.4, 0.5) is 0 Å². The van der Waals surface area contributed by atoms with Crippen LogP contribution in [-0.2, 0) is 11.2 Å². The average Bonchev–Trinajstić information content (AvgIpc) is 2.53. The summed E-state index contributed by atoms with van der Waals surface area (Å²) in [5, 5.41) is 6.48. The van der Waals surface area contributed by atoms with Gasteiger partial charge in [-0.25, -0.2) is 0 Å². The maximum Gasteiger partial charge on any atom is 0.167 e. The SMILES string of the molecule is O=C1C=c2c3cccc4c3c(c3cccc(c23)C1)=CCC4=O. The summed E-state index contributed by atoms with van der Waals surface area (Å²) in [5.41, 5.74) is 1.87. The molecule has 3 aromatic carbocycles. The number of carbonyl (C=O) groups excluding carboxylic acids is 2. The number of ketones is 2. The van der Waals surface area contributed by atoms with E-state index < -0.39 is 0 Å². The van der Waals surface area contributed by atoms with Crippen molar-refractivity contribution in [1.29, 1.82) is 0 Å². The van der Waals surface area contributed by atoms with Gasteiger partial charge in [-0.1, -0.05) is 42.5 Å². The van der Waals surface area contributed by atoms with Crippen LogP contribution in [0.2, 0.25) is 0 Å². The number of Topliss-reactive ketones (excluding diaryl/α,β-unsaturated/α-hetero) is 2. The molecule has 5 rings (SSSR count). The minimum atomic E-state index is 0.131. The van der Waals surface area contributed by atoms with Crippen molar-refractivity contribution >= 4 is 45.3 Å². The highest BCUT2D eigenvalue weighted by Crippen LogP contribution is 2.25. The van der Waals surface area contributed by atoms with E-state index in [9.17, 15) is 9.59 Å². The molecule has 0 aliphatic heterocycles. The molecule has 2 aliphatic carbocycles. The Balaban J connectivity index is 2.24. The van der Waals surface area contributed by atoms with Crippen molar-refractivity contribution in [2.24, 2.45) is 0 Å². The van der Waals surface area contributed by atoms with E-state index in [4.69, 9.17) is 0 Å². The predicted molar refractivity (Wildman–Crippen MR) is 87.3 cm³/mol. The molecular weight excluding hydrogens is 272 g/mol. The van der Waals surface area contributed by atoms with Gasteiger partial charge in [0.1, 0.15) is 0 Å². The van der Waals surface area contributed by atoms with Crippen LogP contribution in [0.1, 0.15) is 22.3 Å². The Bertz CT molecular complexity index is 1150. The van der Waals surface area contributed by atoms with Gasteiger partial charge >= 0.3 is 0 Å². The molecule has 22 heavy (non-hydrogen) atoms. The number of fused-ring (bicyclic) bond motifs is 2. The lowest BCUT2D eigenvalue weighted by Gasteiger charge is -2.18. The second kappa shape index (κ2) is 3.92. The third-order valence-corrected chi connectivity index (χ3v) is 4.80. The van der Waals surface area contributed by atoms with Gasteiger partial charge in [-0.2, -0.15) is 0 Å². The zero-order valence-electron chi connectivity index (χ0n) is 11.8. The van der Waals surface area contributed by atoms with Crippen molar-refractivity contribution in [3.63, 3.8) is 0 Å². The summed E-state index contributed by atoms with van der Waals surface area (Å²) < 4.78 is 0. The second-order valence-corrected chi connectivity index (χ2v) is 6.01. The third-order valence-electron chi connectivity index (χ3n) is 4.80. The van der Waals surface area contributed by atoms with Crippen molar-refractivity contribution < 1.29 is 9.59 Å². The number of carbonyl (C=O) groups is 2. The Morgan fingerprint density at radius 2 is 1.59 bits per heavy atom. The topological polar surface area (TPSA) is 34.1 Å². The van der Waals surface area contributed by atoms with Crippen molar-refractivity contribution in [3.8, 4) is 0 Å². The summed E-state index contributed by atoms with van der Waals surface area (Å²) in [6.07, 6.45) is 4.70. The lowest BCUT2D eigenvalue weighted by Crippen LogP contribution is -2.25. The lowest BCUT2D eigenvalue weighted by molar-refractivity contribution is -0.112. The first kappa shape index (κ1) is 11.9. The van der Waals surface area contributed by atoms with E-state index in [0.717, 1.165) is 37.7 Å². The molecule has 0 heterocycles. The largest absolute Gasteiger partial charge is 0.294 e. The Kier molecular flexibility index (Phi) is 2.11. The Hall–Kier alpha value is -2.74. The van der Waals surface area contributed by atoms with Gasteiger partial charge in [-0.15, -0.1) is 0 Å². The fourth-order valence-electron chi connectivity index (χ4n) is 3.92. The van der Waals surface area contributed by atoms with E-state index >= 15 is 0 Å². The zero-order valence-corrected chi connectivity index (χ0v) is 11.8. The molecule has 0 radical (unpaired) electrons. The molecule has 0 saturated heterocycles. The van der Waals surface area contributed by atoms with Gasteiger partial charge in [-0.05, 0) is 38.2 Å². The third kappa shape index (κ3) is 1.34. The summed E-state index contributed by atoms with van der Waals surface area (Å²) in [7, 11) is 0. The number of benzene rings is 3. The fraction of sp³-hybridized carbons (Fsp3) is 0.100. The highest BCUT2D eigenvalue weighted by Gasteiger charge is 2.20. The molecule has 0 spiro atoms. The smallest absolute Gasteiger partial charge is 0.167 e. The quantitative estimate of drug-likeness (QED) is 0.593. The predicted octanol–water partition coefficient (Wildman–Crippen LogP) is 2.27. The first-order valence-electron chi connectivity index (χ1n) is 7.48. The van der Waals surface area contributed by atoms with E-state index in [2.05, 4.69) is 6.07 Å². The van der Waals surface area contributed by atoms with Gasteiger partial charge in [0.25, 0.3) is 0 Å². The Labute approximate surface area is 126 Å². The van der Waals surface area contributed by atoms with Crippen molar-refractivity contribution in [3.05, 3.63) is 58.0 Å². The Morgan fingerprint density at radius 1 is 0.818 bits per heavy atom. The van der Waals surface area contributed by atoms with Gasteiger partial charge < -0.3 is 0 Å². The van der Waals surface area contributed by atoms with Crippen LogP contribution < -0.4 is 10.4 Å². The van der Waals surface area contributed by atoms with E-state index in [1.54, 1.807) is 6.08 Å². The molecule has 0 bridgehead atoms. The molecule has 0 N–H and O–H groups in total. The molecule has 2 heteroatoms. The van der Waals surface area contributed by atoms with Crippen molar-refractivity contribution in [2.45, 2.75) is 12.8 Å². The number of rotatable bonds is 0. The highest BCUT2D eigenvalue weighted by molar-refractivity contribution is 6.20. The summed E-state index contributed by atoms with van der Waals surface area (Å²) in [5.74, 6) is 0.287. The van der Waals surface area contributed by atoms with E-state index in [1.165, 1.54) is 5.39 Å². The molecule has 0 amide bonds. The van der Waals surface area contributed by atoms with Gasteiger partial charge in [-0.3, -0.25) is 9.59 Å². The van der Waals surface area contributed by atoms with E-state index in [0.29, 0.717) is 12.8 Å². The molecule has 3 aromatic rings. The van der Waals surface area contributed by atoms with Crippen LogP contribution in [0.5, 0.6) is 0 Å². The van der Waals surface area contributed by atoms with Crippen LogP contribution in [0.25, 0.3) is 33.7 Å². The van der Waals surface area contributed by atoms with Gasteiger partial charge in [0.05, 0.1) is 0 Å². The van der Waals surface area contributed by atoms with Crippen LogP contribution in [0.15, 0.2) is 36.4 Å². The maximum atomic E-state index is 12.2. The standard InChI is InChI=1S/C20H12O2/c21-12-9-11-3-1-4-13-15-7-8-18(22)16-6-2-5-14(20(15)16)17(10-12)19(11)13/h1-7,10H,8-9H2. The highest BCUT2D eigenvalue weighted by atomic mass is 16.1. The monoisotopic (exact) mass is 284 g/mol. The summed E-state index contributed by atoms with van der Waals surface area (Å²) >= 11 is 0. The first-order valence-corrected chi connectivity index (χ1v) is 7.48. The van der Waals surface area contributed by atoms with Crippen molar-refractivity contribution in [2.75, 3.05) is 0 Å². The van der Waals surface area contributed by atoms with Crippen LogP contribution in [0.3, 0.4) is 0 Å². The number of hydrogen-bond acceptors (Lipinski definition) is 2. The average molecular weight is 284 g/mol. The molecule has 2 nitrogen and oxygen atoms in total. The lowest BCUT2D eigenvalue weighted by atomic mass is 9.85. The second-order valence-electron chi connectivity index (χ2n) is 6.01. The molecule has 0 saturated carbocycles. The summed E-state index contributed by atoms with van der Waals surface area (Å²) in [6, 6.07) is 12.0. The summed E-state index contributed by atoms with van der Waals surface area (Å²) in [4.78, 5) is 24.3. The number of hydrogen-bond donors (Lipinski definition) is 0. The summed E-state index contributed by atoms with van der Waals surface area (Å²) in [6.45, 7) is 0. The minimum Gasteiger partial charge on any atom is -0.294 e. The first-order chi connectivity index (χ1) is 10.7. The van der Waals surface area contributed by atoms with Gasteiger partial charge in [0, 0.05) is 23.8 Å². The molecular formula is C20H12O2. The maximum absolute atomic E-state index is 12.2. The molecule has 2 aliphatic rings. The molecule has 0 fully saturated rings. The fourth-order valence-corrected chi connectivity index (χ4v) is 3.92. The zero-order chi connectivity index (χ0) is 14.8. The normalized spacial score (nSPS) is 15.8. The van der Waals surface area contributed by atoms with Gasteiger partial charge in [0.2, 0.25) is 0 Å². The van der Waals surface area contributed by atoms with Crippen molar-refractivity contribution in [1.82, 2.24) is 0 Å². The molecule has 0 atom stereocenters. The Morgan fingerprint density at radius 3 is 2.45 bits per heavy atom.